The Bertz CT molecular complexity index is 540. The predicted molar refractivity (Wildman–Crippen MR) is 81.1 cm³/mol. The number of carboxylic acid groups (broad SMARTS) is 1. The standard InChI is InChI=1S/C15H18N2O3S/c1-2-11(9-14(18)19)10-17-15(20)12-5-3-4-6-13(12)21-8-7-16/h3-6,11H,2,8-10H2,1H3,(H,17,20)(H,18,19). The fourth-order valence-corrected chi connectivity index (χ4v) is 2.54. The molecule has 1 unspecified atom stereocenters. The van der Waals surface area contributed by atoms with Crippen LogP contribution >= 0.6 is 11.8 Å². The second-order valence-corrected chi connectivity index (χ2v) is 5.54. The van der Waals surface area contributed by atoms with Crippen LogP contribution in [0.2, 0.25) is 0 Å². The first kappa shape index (κ1) is 17.1. The summed E-state index contributed by atoms with van der Waals surface area (Å²) in [4.78, 5) is 23.6. The van der Waals surface area contributed by atoms with Crippen LogP contribution in [0, 0.1) is 17.2 Å². The van der Waals surface area contributed by atoms with E-state index in [1.54, 1.807) is 18.2 Å². The van der Waals surface area contributed by atoms with Gasteiger partial charge in [-0.25, -0.2) is 0 Å². The smallest absolute Gasteiger partial charge is 0.303 e. The number of carboxylic acids is 1. The summed E-state index contributed by atoms with van der Waals surface area (Å²) in [6, 6.07) is 9.11. The minimum Gasteiger partial charge on any atom is -0.481 e. The van der Waals surface area contributed by atoms with Crippen LogP contribution in [0.5, 0.6) is 0 Å². The van der Waals surface area contributed by atoms with Gasteiger partial charge in [0, 0.05) is 17.9 Å². The number of thioether (sulfide) groups is 1. The first-order valence-electron chi connectivity index (χ1n) is 6.67. The molecule has 0 aliphatic heterocycles. The SMILES string of the molecule is CCC(CNC(=O)c1ccccc1SCC#N)CC(=O)O. The van der Waals surface area contributed by atoms with E-state index in [4.69, 9.17) is 10.4 Å². The normalized spacial score (nSPS) is 11.4. The molecule has 1 atom stereocenters. The van der Waals surface area contributed by atoms with Gasteiger partial charge in [-0.3, -0.25) is 9.59 Å². The van der Waals surface area contributed by atoms with Gasteiger partial charge in [0.15, 0.2) is 0 Å². The van der Waals surface area contributed by atoms with Crippen molar-refractivity contribution in [2.45, 2.75) is 24.7 Å². The Morgan fingerprint density at radius 1 is 1.43 bits per heavy atom. The Hall–Kier alpha value is -2.00. The lowest BCUT2D eigenvalue weighted by Gasteiger charge is -2.14. The van der Waals surface area contributed by atoms with Gasteiger partial charge in [0.2, 0.25) is 0 Å². The lowest BCUT2D eigenvalue weighted by molar-refractivity contribution is -0.138. The van der Waals surface area contributed by atoms with E-state index in [1.165, 1.54) is 11.8 Å². The van der Waals surface area contributed by atoms with Gasteiger partial charge < -0.3 is 10.4 Å². The molecule has 0 aromatic heterocycles. The zero-order valence-electron chi connectivity index (χ0n) is 11.8. The third-order valence-electron chi connectivity index (χ3n) is 3.02. The van der Waals surface area contributed by atoms with Crippen molar-refractivity contribution in [2.24, 2.45) is 5.92 Å². The molecular weight excluding hydrogens is 288 g/mol. The van der Waals surface area contributed by atoms with E-state index >= 15 is 0 Å². The molecule has 0 heterocycles. The van der Waals surface area contributed by atoms with Crippen LogP contribution in [0.15, 0.2) is 29.2 Å². The molecule has 1 aromatic rings. The van der Waals surface area contributed by atoms with Crippen molar-refractivity contribution in [3.63, 3.8) is 0 Å². The molecule has 0 fully saturated rings. The Kier molecular flexibility index (Phi) is 7.33. The number of nitriles is 1. The number of aliphatic carboxylic acids is 1. The van der Waals surface area contributed by atoms with E-state index in [0.29, 0.717) is 18.5 Å². The molecule has 0 spiro atoms. The van der Waals surface area contributed by atoms with E-state index in [1.807, 2.05) is 19.1 Å². The second-order valence-electron chi connectivity index (χ2n) is 4.53. The zero-order valence-corrected chi connectivity index (χ0v) is 12.7. The van der Waals surface area contributed by atoms with Crippen LogP contribution in [0.25, 0.3) is 0 Å². The molecular formula is C15H18N2O3S. The zero-order chi connectivity index (χ0) is 15.7. The Labute approximate surface area is 128 Å². The van der Waals surface area contributed by atoms with Crippen LogP contribution in [-0.2, 0) is 4.79 Å². The van der Waals surface area contributed by atoms with Gasteiger partial charge in [-0.1, -0.05) is 25.5 Å². The highest BCUT2D eigenvalue weighted by atomic mass is 32.2. The highest BCUT2D eigenvalue weighted by molar-refractivity contribution is 7.99. The van der Waals surface area contributed by atoms with E-state index in [9.17, 15) is 9.59 Å². The number of carbonyl (C=O) groups is 2. The maximum absolute atomic E-state index is 12.2. The Morgan fingerprint density at radius 2 is 2.14 bits per heavy atom. The maximum Gasteiger partial charge on any atom is 0.303 e. The molecule has 0 radical (unpaired) electrons. The number of hydrogen-bond donors (Lipinski definition) is 2. The van der Waals surface area contributed by atoms with E-state index in [-0.39, 0.29) is 24.0 Å². The number of rotatable bonds is 8. The van der Waals surface area contributed by atoms with Crippen LogP contribution in [0.1, 0.15) is 30.1 Å². The van der Waals surface area contributed by atoms with Gasteiger partial charge in [0.25, 0.3) is 5.91 Å². The fraction of sp³-hybridized carbons (Fsp3) is 0.400. The van der Waals surface area contributed by atoms with Gasteiger partial charge in [-0.05, 0) is 18.1 Å². The van der Waals surface area contributed by atoms with Gasteiger partial charge in [-0.15, -0.1) is 11.8 Å². The number of amides is 1. The van der Waals surface area contributed by atoms with E-state index < -0.39 is 5.97 Å². The van der Waals surface area contributed by atoms with Crippen molar-refractivity contribution in [3.05, 3.63) is 29.8 Å². The number of nitrogens with zero attached hydrogens (tertiary/aromatic N) is 1. The predicted octanol–water partition coefficient (Wildman–Crippen LogP) is 2.53. The lowest BCUT2D eigenvalue weighted by Crippen LogP contribution is -2.30. The summed E-state index contributed by atoms with van der Waals surface area (Å²) in [5, 5.41) is 20.2. The summed E-state index contributed by atoms with van der Waals surface area (Å²) in [7, 11) is 0. The van der Waals surface area contributed by atoms with Gasteiger partial charge in [0.1, 0.15) is 0 Å². The largest absolute Gasteiger partial charge is 0.481 e. The molecule has 1 amide bonds. The molecule has 0 aliphatic carbocycles. The van der Waals surface area contributed by atoms with Crippen molar-refractivity contribution in [3.8, 4) is 6.07 Å². The molecule has 5 nitrogen and oxygen atoms in total. The Balaban J connectivity index is 2.67. The molecule has 1 rings (SSSR count). The summed E-state index contributed by atoms with van der Waals surface area (Å²) in [5.74, 6) is -0.896. The third kappa shape index (κ3) is 5.88. The average molecular weight is 306 g/mol. The van der Waals surface area contributed by atoms with Gasteiger partial charge in [-0.2, -0.15) is 5.26 Å². The maximum atomic E-state index is 12.2. The third-order valence-corrected chi connectivity index (χ3v) is 3.96. The van der Waals surface area contributed by atoms with Crippen molar-refractivity contribution in [1.29, 1.82) is 5.26 Å². The van der Waals surface area contributed by atoms with Gasteiger partial charge in [0.05, 0.1) is 17.4 Å². The second kappa shape index (κ2) is 9.03. The summed E-state index contributed by atoms with van der Waals surface area (Å²) in [6.45, 7) is 2.23. The molecule has 0 saturated heterocycles. The molecule has 0 bridgehead atoms. The van der Waals surface area contributed by atoms with Crippen LogP contribution in [0.4, 0.5) is 0 Å². The molecule has 112 valence electrons. The molecule has 1 aromatic carbocycles. The summed E-state index contributed by atoms with van der Waals surface area (Å²) in [5.41, 5.74) is 0.517. The highest BCUT2D eigenvalue weighted by Crippen LogP contribution is 2.22. The summed E-state index contributed by atoms with van der Waals surface area (Å²) < 4.78 is 0. The molecule has 2 N–H and O–H groups in total. The van der Waals surface area contributed by atoms with E-state index in [2.05, 4.69) is 5.32 Å². The van der Waals surface area contributed by atoms with Gasteiger partial charge >= 0.3 is 5.97 Å². The summed E-state index contributed by atoms with van der Waals surface area (Å²) in [6.07, 6.45) is 0.735. The quantitative estimate of drug-likeness (QED) is 0.720. The van der Waals surface area contributed by atoms with Crippen molar-refractivity contribution in [2.75, 3.05) is 12.3 Å². The number of benzene rings is 1. The fourth-order valence-electron chi connectivity index (χ4n) is 1.83. The van der Waals surface area contributed by atoms with Crippen molar-refractivity contribution >= 4 is 23.6 Å². The van der Waals surface area contributed by atoms with Crippen molar-refractivity contribution < 1.29 is 14.7 Å². The minimum absolute atomic E-state index is 0.0433. The first-order valence-corrected chi connectivity index (χ1v) is 7.65. The average Bonchev–Trinajstić information content (AvgIpc) is 2.48. The van der Waals surface area contributed by atoms with Crippen LogP contribution in [0.3, 0.4) is 0 Å². The molecule has 6 heteroatoms. The lowest BCUT2D eigenvalue weighted by atomic mass is 10.0. The van der Waals surface area contributed by atoms with E-state index in [0.717, 1.165) is 4.90 Å². The Morgan fingerprint density at radius 3 is 2.76 bits per heavy atom. The number of nitrogens with one attached hydrogen (secondary N) is 1. The first-order chi connectivity index (χ1) is 10.1. The molecule has 21 heavy (non-hydrogen) atoms. The van der Waals surface area contributed by atoms with Crippen LogP contribution in [-0.4, -0.2) is 29.3 Å². The minimum atomic E-state index is -0.860. The number of hydrogen-bond acceptors (Lipinski definition) is 4. The number of carbonyl (C=O) groups excluding carboxylic acids is 1. The topological polar surface area (TPSA) is 90.2 Å². The monoisotopic (exact) mass is 306 g/mol. The molecule has 0 aliphatic rings. The summed E-state index contributed by atoms with van der Waals surface area (Å²) >= 11 is 1.31. The van der Waals surface area contributed by atoms with Crippen molar-refractivity contribution in [1.82, 2.24) is 5.32 Å². The highest BCUT2D eigenvalue weighted by Gasteiger charge is 2.15. The van der Waals surface area contributed by atoms with Crippen LogP contribution < -0.4 is 5.32 Å². The molecule has 0 saturated carbocycles.